The van der Waals surface area contributed by atoms with Crippen molar-refractivity contribution in [2.45, 2.75) is 0 Å². The van der Waals surface area contributed by atoms with Crippen molar-refractivity contribution in [2.75, 3.05) is 14.2 Å². The number of halogens is 2. The van der Waals surface area contributed by atoms with E-state index in [2.05, 4.69) is 9.47 Å². The molecule has 0 aromatic heterocycles. The quantitative estimate of drug-likeness (QED) is 0.681. The maximum Gasteiger partial charge on any atom is 0.494 e. The van der Waals surface area contributed by atoms with Gasteiger partial charge in [0.15, 0.2) is 23.1 Å². The molecule has 0 saturated carbocycles. The summed E-state index contributed by atoms with van der Waals surface area (Å²) >= 11 is 0. The molecule has 2 N–H and O–H groups in total. The van der Waals surface area contributed by atoms with Crippen LogP contribution in [0.3, 0.4) is 0 Å². The van der Waals surface area contributed by atoms with E-state index in [4.69, 9.17) is 10.0 Å². The van der Waals surface area contributed by atoms with Crippen LogP contribution in [-0.2, 0) is 0 Å². The summed E-state index contributed by atoms with van der Waals surface area (Å²) in [5.41, 5.74) is -0.897. The molecule has 0 radical (unpaired) electrons. The van der Waals surface area contributed by atoms with E-state index in [1.807, 2.05) is 0 Å². The van der Waals surface area contributed by atoms with Crippen LogP contribution < -0.4 is 14.9 Å². The molecule has 0 saturated heterocycles. The highest BCUT2D eigenvalue weighted by Crippen LogP contribution is 2.25. The first kappa shape index (κ1) is 11.7. The van der Waals surface area contributed by atoms with Gasteiger partial charge in [-0.05, 0) is 0 Å². The Bertz CT molecular complexity index is 342. The highest BCUT2D eigenvalue weighted by atomic mass is 19.1. The molecule has 1 aromatic carbocycles. The van der Waals surface area contributed by atoms with E-state index in [9.17, 15) is 8.78 Å². The van der Waals surface area contributed by atoms with Gasteiger partial charge in [-0.1, -0.05) is 0 Å². The summed E-state index contributed by atoms with van der Waals surface area (Å²) in [6.07, 6.45) is 0. The summed E-state index contributed by atoms with van der Waals surface area (Å²) in [4.78, 5) is 0. The lowest BCUT2D eigenvalue weighted by Crippen LogP contribution is -2.36. The van der Waals surface area contributed by atoms with Crippen LogP contribution in [0, 0.1) is 11.6 Å². The van der Waals surface area contributed by atoms with Crippen molar-refractivity contribution in [1.82, 2.24) is 0 Å². The van der Waals surface area contributed by atoms with Crippen molar-refractivity contribution in [2.24, 2.45) is 0 Å². The van der Waals surface area contributed by atoms with Crippen molar-refractivity contribution >= 4 is 12.6 Å². The second kappa shape index (κ2) is 4.46. The number of methoxy groups -OCH3 is 2. The normalized spacial score (nSPS) is 10.0. The molecule has 1 aromatic rings. The number of ether oxygens (including phenoxy) is 2. The third kappa shape index (κ3) is 2.03. The lowest BCUT2D eigenvalue weighted by atomic mass is 9.79. The van der Waals surface area contributed by atoms with Crippen molar-refractivity contribution in [3.63, 3.8) is 0 Å². The number of hydrogen-bond donors (Lipinski definition) is 2. The zero-order valence-electron chi connectivity index (χ0n) is 8.12. The van der Waals surface area contributed by atoms with Gasteiger partial charge in [-0.15, -0.1) is 0 Å². The van der Waals surface area contributed by atoms with Crippen LogP contribution in [0.2, 0.25) is 0 Å². The summed E-state index contributed by atoms with van der Waals surface area (Å²) in [6, 6.07) is 0.983. The Morgan fingerprint density at radius 1 is 1.07 bits per heavy atom. The van der Waals surface area contributed by atoms with Gasteiger partial charge < -0.3 is 19.5 Å². The number of rotatable bonds is 3. The smallest absolute Gasteiger partial charge is 0.494 e. The summed E-state index contributed by atoms with van der Waals surface area (Å²) < 4.78 is 35.9. The van der Waals surface area contributed by atoms with E-state index < -0.39 is 24.2 Å². The summed E-state index contributed by atoms with van der Waals surface area (Å²) in [5, 5.41) is 17.6. The van der Waals surface area contributed by atoms with Crippen LogP contribution in [0.5, 0.6) is 11.5 Å². The maximum absolute atomic E-state index is 13.4. The lowest BCUT2D eigenvalue weighted by molar-refractivity contribution is 0.356. The molecule has 0 atom stereocenters. The van der Waals surface area contributed by atoms with E-state index in [0.717, 1.165) is 6.07 Å². The summed E-state index contributed by atoms with van der Waals surface area (Å²) in [6.45, 7) is 0. The van der Waals surface area contributed by atoms with Gasteiger partial charge in [-0.25, -0.2) is 8.78 Å². The van der Waals surface area contributed by atoms with Gasteiger partial charge in [0.05, 0.1) is 19.7 Å². The molecule has 0 aliphatic carbocycles. The molecule has 4 nitrogen and oxygen atoms in total. The average Bonchev–Trinajstić information content (AvgIpc) is 2.18. The van der Waals surface area contributed by atoms with Crippen molar-refractivity contribution in [3.05, 3.63) is 17.7 Å². The molecule has 0 bridgehead atoms. The molecule has 0 amide bonds. The van der Waals surface area contributed by atoms with Crippen LogP contribution in [0.15, 0.2) is 6.07 Å². The average molecular weight is 218 g/mol. The van der Waals surface area contributed by atoms with Crippen LogP contribution in [0.1, 0.15) is 0 Å². The predicted molar refractivity (Wildman–Crippen MR) is 49.3 cm³/mol. The standard InChI is InChI=1S/C8H9BF2O4/c1-14-4-3-5(15-2)8(11)6(7(4)10)9(12)13/h3,12-13H,1-2H3. The molecule has 7 heteroatoms. The molecule has 0 spiro atoms. The predicted octanol–water partition coefficient (Wildman–Crippen LogP) is -0.338. The minimum atomic E-state index is -2.27. The van der Waals surface area contributed by atoms with Crippen LogP contribution in [-0.4, -0.2) is 31.4 Å². The van der Waals surface area contributed by atoms with Crippen LogP contribution in [0.25, 0.3) is 0 Å². The SMILES string of the molecule is COc1cc(OC)c(F)c(B(O)O)c1F. The first-order valence-electron chi connectivity index (χ1n) is 3.99. The fraction of sp³-hybridized carbons (Fsp3) is 0.250. The molecular weight excluding hydrogens is 209 g/mol. The minimum Gasteiger partial charge on any atom is -0.494 e. The van der Waals surface area contributed by atoms with E-state index in [0.29, 0.717) is 0 Å². The molecule has 15 heavy (non-hydrogen) atoms. The Labute approximate surface area is 85.2 Å². The Kier molecular flexibility index (Phi) is 3.49. The third-order valence-corrected chi connectivity index (χ3v) is 1.87. The molecule has 0 unspecified atom stereocenters. The van der Waals surface area contributed by atoms with Crippen LogP contribution >= 0.6 is 0 Å². The van der Waals surface area contributed by atoms with Gasteiger partial charge >= 0.3 is 7.12 Å². The van der Waals surface area contributed by atoms with Gasteiger partial charge in [0, 0.05) is 6.07 Å². The van der Waals surface area contributed by atoms with Gasteiger partial charge in [0.1, 0.15) is 0 Å². The number of hydrogen-bond acceptors (Lipinski definition) is 4. The van der Waals surface area contributed by atoms with Gasteiger partial charge in [-0.2, -0.15) is 0 Å². The Balaban J connectivity index is 3.46. The second-order valence-corrected chi connectivity index (χ2v) is 2.70. The first-order valence-corrected chi connectivity index (χ1v) is 3.99. The fourth-order valence-corrected chi connectivity index (χ4v) is 1.13. The molecule has 0 fully saturated rings. The van der Waals surface area contributed by atoms with Gasteiger partial charge in [0.2, 0.25) is 0 Å². The minimum absolute atomic E-state index is 0.323. The van der Waals surface area contributed by atoms with Gasteiger partial charge in [-0.3, -0.25) is 0 Å². The lowest BCUT2D eigenvalue weighted by Gasteiger charge is -2.11. The third-order valence-electron chi connectivity index (χ3n) is 1.87. The molecule has 0 heterocycles. The number of benzene rings is 1. The topological polar surface area (TPSA) is 58.9 Å². The first-order chi connectivity index (χ1) is 7.02. The molecule has 82 valence electrons. The van der Waals surface area contributed by atoms with Crippen molar-refractivity contribution < 1.29 is 28.3 Å². The second-order valence-electron chi connectivity index (χ2n) is 2.70. The van der Waals surface area contributed by atoms with Crippen molar-refractivity contribution in [1.29, 1.82) is 0 Å². The molecule has 0 aliphatic heterocycles. The Hall–Kier alpha value is -1.34. The molecule has 1 rings (SSSR count). The van der Waals surface area contributed by atoms with E-state index in [1.54, 1.807) is 0 Å². The highest BCUT2D eigenvalue weighted by molar-refractivity contribution is 6.59. The van der Waals surface area contributed by atoms with E-state index in [-0.39, 0.29) is 11.5 Å². The van der Waals surface area contributed by atoms with Gasteiger partial charge in [0.25, 0.3) is 0 Å². The molecule has 0 aliphatic rings. The molecular formula is C8H9BF2O4. The Morgan fingerprint density at radius 3 is 1.73 bits per heavy atom. The van der Waals surface area contributed by atoms with E-state index in [1.165, 1.54) is 14.2 Å². The fourth-order valence-electron chi connectivity index (χ4n) is 1.13. The zero-order chi connectivity index (χ0) is 11.6. The van der Waals surface area contributed by atoms with Crippen molar-refractivity contribution in [3.8, 4) is 11.5 Å². The zero-order valence-corrected chi connectivity index (χ0v) is 8.12. The monoisotopic (exact) mass is 218 g/mol. The largest absolute Gasteiger partial charge is 0.494 e. The maximum atomic E-state index is 13.4. The van der Waals surface area contributed by atoms with Crippen LogP contribution in [0.4, 0.5) is 8.78 Å². The Morgan fingerprint density at radius 2 is 1.47 bits per heavy atom. The summed E-state index contributed by atoms with van der Waals surface area (Å²) in [7, 11) is 0.0704. The highest BCUT2D eigenvalue weighted by Gasteiger charge is 2.28. The summed E-state index contributed by atoms with van der Waals surface area (Å²) in [5.74, 6) is -2.97. The van der Waals surface area contributed by atoms with E-state index >= 15 is 0 Å².